The number of ether oxygens (including phenoxy) is 1. The molecule has 1 aromatic rings. The summed E-state index contributed by atoms with van der Waals surface area (Å²) in [6.45, 7) is -0.433. The summed E-state index contributed by atoms with van der Waals surface area (Å²) in [6.07, 6.45) is 0. The van der Waals surface area contributed by atoms with Crippen molar-refractivity contribution in [1.82, 2.24) is 0 Å². The third kappa shape index (κ3) is 2.20. The maximum Gasteiger partial charge on any atom is 0.314 e. The van der Waals surface area contributed by atoms with Gasteiger partial charge < -0.3 is 20.7 Å². The van der Waals surface area contributed by atoms with Crippen LogP contribution in [0.4, 0.5) is 5.69 Å². The molecule has 16 heavy (non-hydrogen) atoms. The number of rotatable bonds is 4. The van der Waals surface area contributed by atoms with E-state index < -0.39 is 29.0 Å². The minimum Gasteiger partial charge on any atom is -0.502 e. The predicted molar refractivity (Wildman–Crippen MR) is 55.3 cm³/mol. The molecule has 0 heterocycles. The first-order chi connectivity index (χ1) is 7.51. The zero-order chi connectivity index (χ0) is 12.3. The molecule has 1 rings (SSSR count). The molecule has 0 unspecified atom stereocenters. The van der Waals surface area contributed by atoms with Gasteiger partial charge in [-0.1, -0.05) is 0 Å². The Hall–Kier alpha value is -1.86. The molecule has 0 saturated carbocycles. The zero-order valence-electron chi connectivity index (χ0n) is 8.58. The van der Waals surface area contributed by atoms with Crippen LogP contribution in [0.5, 0.6) is 11.5 Å². The Balaban J connectivity index is 3.37. The van der Waals surface area contributed by atoms with E-state index in [1.165, 1.54) is 13.2 Å². The molecule has 0 aliphatic rings. The molecule has 1 atom stereocenters. The van der Waals surface area contributed by atoms with E-state index in [9.17, 15) is 15.2 Å². The highest BCUT2D eigenvalue weighted by molar-refractivity contribution is 5.56. The minimum absolute atomic E-state index is 0.0774. The lowest BCUT2D eigenvalue weighted by Crippen LogP contribution is -2.15. The number of phenolic OH excluding ortho intramolecular Hbond substituents is 1. The fourth-order valence-electron chi connectivity index (χ4n) is 1.25. The second-order valence-electron chi connectivity index (χ2n) is 3.13. The van der Waals surface area contributed by atoms with Crippen molar-refractivity contribution in [2.24, 2.45) is 5.73 Å². The molecule has 7 heteroatoms. The van der Waals surface area contributed by atoms with E-state index in [-0.39, 0.29) is 11.3 Å². The zero-order valence-corrected chi connectivity index (χ0v) is 8.58. The standard InChI is InChI=1S/C9H12N2O5/c1-16-5-2-6(7(10)4-12)9(13)8(3-5)11(14)15/h2-3,7,12-13H,4,10H2,1H3/t7-/m0/s1. The summed E-state index contributed by atoms with van der Waals surface area (Å²) in [7, 11) is 1.34. The van der Waals surface area contributed by atoms with Gasteiger partial charge in [0.05, 0.1) is 30.7 Å². The Morgan fingerprint density at radius 1 is 1.62 bits per heavy atom. The molecule has 7 nitrogen and oxygen atoms in total. The molecular formula is C9H12N2O5. The van der Waals surface area contributed by atoms with Crippen LogP contribution < -0.4 is 10.5 Å². The number of benzene rings is 1. The average Bonchev–Trinajstić information content (AvgIpc) is 2.28. The summed E-state index contributed by atoms with van der Waals surface area (Å²) >= 11 is 0. The van der Waals surface area contributed by atoms with Crippen molar-refractivity contribution in [3.8, 4) is 11.5 Å². The summed E-state index contributed by atoms with van der Waals surface area (Å²) in [5.41, 5.74) is 5.08. The van der Waals surface area contributed by atoms with Crippen molar-refractivity contribution in [3.05, 3.63) is 27.8 Å². The molecule has 0 amide bonds. The molecule has 0 aliphatic carbocycles. The van der Waals surface area contributed by atoms with Crippen LogP contribution in [-0.2, 0) is 0 Å². The highest BCUT2D eigenvalue weighted by Crippen LogP contribution is 2.36. The van der Waals surface area contributed by atoms with Crippen molar-refractivity contribution in [2.45, 2.75) is 6.04 Å². The van der Waals surface area contributed by atoms with Gasteiger partial charge in [-0.3, -0.25) is 10.1 Å². The van der Waals surface area contributed by atoms with E-state index in [0.29, 0.717) is 0 Å². The maximum atomic E-state index is 10.6. The Morgan fingerprint density at radius 2 is 2.25 bits per heavy atom. The normalized spacial score (nSPS) is 12.2. The quantitative estimate of drug-likeness (QED) is 0.503. The van der Waals surface area contributed by atoms with Gasteiger partial charge in [0, 0.05) is 5.56 Å². The third-order valence-corrected chi connectivity index (χ3v) is 2.12. The number of aliphatic hydroxyl groups is 1. The summed E-state index contributed by atoms with van der Waals surface area (Å²) < 4.78 is 4.84. The van der Waals surface area contributed by atoms with Gasteiger partial charge in [-0.15, -0.1) is 0 Å². The Labute approximate surface area is 91.2 Å². The van der Waals surface area contributed by atoms with Gasteiger partial charge in [-0.2, -0.15) is 0 Å². The van der Waals surface area contributed by atoms with Crippen LogP contribution in [0, 0.1) is 10.1 Å². The lowest BCUT2D eigenvalue weighted by atomic mass is 10.1. The molecule has 0 aliphatic heterocycles. The molecule has 88 valence electrons. The summed E-state index contributed by atoms with van der Waals surface area (Å²) in [6, 6.07) is 1.54. The lowest BCUT2D eigenvalue weighted by Gasteiger charge is -2.12. The molecule has 0 aromatic heterocycles. The highest BCUT2D eigenvalue weighted by Gasteiger charge is 2.22. The van der Waals surface area contributed by atoms with Gasteiger partial charge in [0.1, 0.15) is 5.75 Å². The topological polar surface area (TPSA) is 119 Å². The fourth-order valence-corrected chi connectivity index (χ4v) is 1.25. The van der Waals surface area contributed by atoms with Crippen LogP contribution >= 0.6 is 0 Å². The predicted octanol–water partition coefficient (Wildman–Crippen LogP) is 0.301. The fraction of sp³-hybridized carbons (Fsp3) is 0.333. The first-order valence-electron chi connectivity index (χ1n) is 4.43. The van der Waals surface area contributed by atoms with Crippen LogP contribution in [0.25, 0.3) is 0 Å². The number of hydrogen-bond donors (Lipinski definition) is 3. The van der Waals surface area contributed by atoms with Crippen LogP contribution in [0.1, 0.15) is 11.6 Å². The van der Waals surface area contributed by atoms with E-state index in [0.717, 1.165) is 6.07 Å². The van der Waals surface area contributed by atoms with E-state index in [4.69, 9.17) is 15.6 Å². The number of nitrogens with zero attached hydrogens (tertiary/aromatic N) is 1. The van der Waals surface area contributed by atoms with Gasteiger partial charge in [0.25, 0.3) is 0 Å². The summed E-state index contributed by atoms with van der Waals surface area (Å²) in [4.78, 5) is 9.90. The number of hydrogen-bond acceptors (Lipinski definition) is 6. The highest BCUT2D eigenvalue weighted by atomic mass is 16.6. The van der Waals surface area contributed by atoms with Gasteiger partial charge in [-0.25, -0.2) is 0 Å². The van der Waals surface area contributed by atoms with Crippen LogP contribution in [0.3, 0.4) is 0 Å². The number of nitro benzene ring substituents is 1. The van der Waals surface area contributed by atoms with Crippen molar-refractivity contribution in [3.63, 3.8) is 0 Å². The van der Waals surface area contributed by atoms with Crippen molar-refractivity contribution in [1.29, 1.82) is 0 Å². The monoisotopic (exact) mass is 228 g/mol. The first kappa shape index (κ1) is 12.2. The molecular weight excluding hydrogens is 216 g/mol. The molecule has 0 radical (unpaired) electrons. The molecule has 0 saturated heterocycles. The van der Waals surface area contributed by atoms with Gasteiger partial charge in [-0.05, 0) is 6.07 Å². The van der Waals surface area contributed by atoms with Crippen LogP contribution in [0.15, 0.2) is 12.1 Å². The number of aromatic hydroxyl groups is 1. The largest absolute Gasteiger partial charge is 0.502 e. The first-order valence-corrected chi connectivity index (χ1v) is 4.43. The van der Waals surface area contributed by atoms with Gasteiger partial charge >= 0.3 is 5.69 Å². The smallest absolute Gasteiger partial charge is 0.314 e. The second-order valence-corrected chi connectivity index (χ2v) is 3.13. The Morgan fingerprint density at radius 3 is 2.69 bits per heavy atom. The van der Waals surface area contributed by atoms with Gasteiger partial charge in [0.2, 0.25) is 0 Å². The third-order valence-electron chi connectivity index (χ3n) is 2.12. The van der Waals surface area contributed by atoms with Crippen LogP contribution in [0.2, 0.25) is 0 Å². The number of nitrogens with two attached hydrogens (primary N) is 1. The number of aliphatic hydroxyl groups excluding tert-OH is 1. The second kappa shape index (κ2) is 4.77. The molecule has 0 spiro atoms. The van der Waals surface area contributed by atoms with Crippen molar-refractivity contribution >= 4 is 5.69 Å². The van der Waals surface area contributed by atoms with Gasteiger partial charge in [0.15, 0.2) is 5.75 Å². The van der Waals surface area contributed by atoms with E-state index in [2.05, 4.69) is 0 Å². The summed E-state index contributed by atoms with van der Waals surface area (Å²) in [5.74, 6) is -0.351. The maximum absolute atomic E-state index is 10.6. The molecule has 4 N–H and O–H groups in total. The number of nitro groups is 1. The lowest BCUT2D eigenvalue weighted by molar-refractivity contribution is -0.386. The summed E-state index contributed by atoms with van der Waals surface area (Å²) in [5, 5.41) is 29.1. The average molecular weight is 228 g/mol. The SMILES string of the molecule is COc1cc([C@@H](N)CO)c(O)c([N+](=O)[O-])c1. The Kier molecular flexibility index (Phi) is 3.64. The molecule has 0 bridgehead atoms. The molecule has 1 aromatic carbocycles. The Bertz CT molecular complexity index is 407. The van der Waals surface area contributed by atoms with Crippen molar-refractivity contribution < 1.29 is 19.9 Å². The van der Waals surface area contributed by atoms with Crippen molar-refractivity contribution in [2.75, 3.05) is 13.7 Å². The number of phenols is 1. The van der Waals surface area contributed by atoms with E-state index >= 15 is 0 Å². The van der Waals surface area contributed by atoms with E-state index in [1.807, 2.05) is 0 Å². The minimum atomic E-state index is -0.895. The van der Waals surface area contributed by atoms with E-state index in [1.54, 1.807) is 0 Å². The number of methoxy groups -OCH3 is 1. The van der Waals surface area contributed by atoms with Crippen LogP contribution in [-0.4, -0.2) is 28.9 Å². The molecule has 0 fully saturated rings.